The highest BCUT2D eigenvalue weighted by Crippen LogP contribution is 2.29. The summed E-state index contributed by atoms with van der Waals surface area (Å²) in [7, 11) is 0. The second-order valence-corrected chi connectivity index (χ2v) is 5.01. The summed E-state index contributed by atoms with van der Waals surface area (Å²) < 4.78 is 0. The van der Waals surface area contributed by atoms with Crippen molar-refractivity contribution in [1.82, 2.24) is 4.90 Å². The molecule has 0 aromatic heterocycles. The monoisotopic (exact) mass is 222 g/mol. The summed E-state index contributed by atoms with van der Waals surface area (Å²) in [5.41, 5.74) is -0.208. The van der Waals surface area contributed by atoms with Crippen LogP contribution in [-0.2, 0) is 4.79 Å². The first-order valence-corrected chi connectivity index (χ1v) is 6.30. The van der Waals surface area contributed by atoms with E-state index in [4.69, 9.17) is 5.26 Å². The molecule has 0 bridgehead atoms. The lowest BCUT2D eigenvalue weighted by Crippen LogP contribution is -2.41. The zero-order valence-corrected chi connectivity index (χ0v) is 10.5. The minimum atomic E-state index is -0.208. The Kier molecular flexibility index (Phi) is 4.79. The van der Waals surface area contributed by atoms with Crippen molar-refractivity contribution in [3.8, 4) is 6.07 Å². The molecule has 16 heavy (non-hydrogen) atoms. The van der Waals surface area contributed by atoms with Crippen LogP contribution in [0.15, 0.2) is 0 Å². The van der Waals surface area contributed by atoms with Gasteiger partial charge in [-0.1, -0.05) is 19.8 Å². The van der Waals surface area contributed by atoms with Crippen LogP contribution >= 0.6 is 0 Å². The molecule has 0 aromatic carbocycles. The SMILES string of the molecule is CCCCCC(=O)N1CCC(C)(C#N)CC1. The van der Waals surface area contributed by atoms with Gasteiger partial charge < -0.3 is 4.90 Å². The van der Waals surface area contributed by atoms with Crippen molar-refractivity contribution in [3.63, 3.8) is 0 Å². The highest BCUT2D eigenvalue weighted by molar-refractivity contribution is 5.76. The summed E-state index contributed by atoms with van der Waals surface area (Å²) >= 11 is 0. The minimum Gasteiger partial charge on any atom is -0.343 e. The first kappa shape index (κ1) is 13.0. The Balaban J connectivity index is 2.31. The number of nitriles is 1. The van der Waals surface area contributed by atoms with Gasteiger partial charge >= 0.3 is 0 Å². The Morgan fingerprint density at radius 1 is 1.38 bits per heavy atom. The topological polar surface area (TPSA) is 44.1 Å². The van der Waals surface area contributed by atoms with Crippen LogP contribution in [0.4, 0.5) is 0 Å². The summed E-state index contributed by atoms with van der Waals surface area (Å²) in [5.74, 6) is 0.272. The maximum absolute atomic E-state index is 11.8. The molecule has 90 valence electrons. The number of hydrogen-bond acceptors (Lipinski definition) is 2. The molecule has 1 amide bonds. The van der Waals surface area contributed by atoms with E-state index < -0.39 is 0 Å². The van der Waals surface area contributed by atoms with Crippen LogP contribution in [0.2, 0.25) is 0 Å². The van der Waals surface area contributed by atoms with Crippen LogP contribution in [0, 0.1) is 16.7 Å². The van der Waals surface area contributed by atoms with Gasteiger partial charge in [0.15, 0.2) is 0 Å². The standard InChI is InChI=1S/C13H22N2O/c1-3-4-5-6-12(16)15-9-7-13(2,11-14)8-10-15/h3-10H2,1-2H3. The van der Waals surface area contributed by atoms with Gasteiger partial charge in [0.2, 0.25) is 5.91 Å². The Morgan fingerprint density at radius 3 is 2.50 bits per heavy atom. The summed E-state index contributed by atoms with van der Waals surface area (Å²) in [6.07, 6.45) is 5.61. The number of hydrogen-bond donors (Lipinski definition) is 0. The second kappa shape index (κ2) is 5.89. The molecule has 1 aliphatic heterocycles. The number of rotatable bonds is 4. The van der Waals surface area contributed by atoms with Crippen molar-refractivity contribution in [2.45, 2.75) is 52.4 Å². The third-order valence-corrected chi connectivity index (χ3v) is 3.48. The molecule has 0 spiro atoms. The summed E-state index contributed by atoms with van der Waals surface area (Å²) in [6, 6.07) is 2.35. The molecule has 1 heterocycles. The first-order valence-electron chi connectivity index (χ1n) is 6.30. The van der Waals surface area contributed by atoms with Gasteiger partial charge in [-0.2, -0.15) is 5.26 Å². The Morgan fingerprint density at radius 2 is 2.00 bits per heavy atom. The zero-order chi connectivity index (χ0) is 12.0. The fourth-order valence-electron chi connectivity index (χ4n) is 2.05. The molecular formula is C13H22N2O. The summed E-state index contributed by atoms with van der Waals surface area (Å²) in [5, 5.41) is 9.00. The second-order valence-electron chi connectivity index (χ2n) is 5.01. The molecule has 0 aliphatic carbocycles. The first-order chi connectivity index (χ1) is 7.61. The van der Waals surface area contributed by atoms with Crippen LogP contribution in [0.3, 0.4) is 0 Å². The lowest BCUT2D eigenvalue weighted by atomic mass is 9.82. The number of likely N-dealkylation sites (tertiary alicyclic amines) is 1. The number of unbranched alkanes of at least 4 members (excludes halogenated alkanes) is 2. The van der Waals surface area contributed by atoms with Crippen LogP contribution in [0.1, 0.15) is 52.4 Å². The van der Waals surface area contributed by atoms with E-state index in [1.54, 1.807) is 0 Å². The summed E-state index contributed by atoms with van der Waals surface area (Å²) in [4.78, 5) is 13.7. The van der Waals surface area contributed by atoms with Crippen molar-refractivity contribution >= 4 is 5.91 Å². The molecular weight excluding hydrogens is 200 g/mol. The molecule has 0 unspecified atom stereocenters. The smallest absolute Gasteiger partial charge is 0.222 e. The molecule has 0 N–H and O–H groups in total. The Labute approximate surface area is 98.4 Å². The van der Waals surface area contributed by atoms with Gasteiger partial charge in [-0.05, 0) is 26.2 Å². The number of carbonyl (C=O) groups is 1. The van der Waals surface area contributed by atoms with Gasteiger partial charge in [0.05, 0.1) is 11.5 Å². The van der Waals surface area contributed by atoms with E-state index in [9.17, 15) is 4.79 Å². The Bertz CT molecular complexity index is 272. The highest BCUT2D eigenvalue weighted by Gasteiger charge is 2.31. The molecule has 0 aromatic rings. The van der Waals surface area contributed by atoms with E-state index in [-0.39, 0.29) is 11.3 Å². The largest absolute Gasteiger partial charge is 0.343 e. The van der Waals surface area contributed by atoms with E-state index >= 15 is 0 Å². The average Bonchev–Trinajstić information content (AvgIpc) is 2.30. The molecule has 3 heteroatoms. The Hall–Kier alpha value is -1.04. The summed E-state index contributed by atoms with van der Waals surface area (Å²) in [6.45, 7) is 5.65. The van der Waals surface area contributed by atoms with Gasteiger partial charge in [-0.3, -0.25) is 4.79 Å². The van der Waals surface area contributed by atoms with Gasteiger partial charge in [0.1, 0.15) is 0 Å². The normalized spacial score (nSPS) is 19.2. The van der Waals surface area contributed by atoms with Crippen molar-refractivity contribution in [2.24, 2.45) is 5.41 Å². The zero-order valence-electron chi connectivity index (χ0n) is 10.5. The van der Waals surface area contributed by atoms with Gasteiger partial charge in [0, 0.05) is 19.5 Å². The van der Waals surface area contributed by atoms with E-state index in [1.807, 2.05) is 11.8 Å². The molecule has 1 saturated heterocycles. The third kappa shape index (κ3) is 3.52. The number of nitrogens with zero attached hydrogens (tertiary/aromatic N) is 2. The number of amides is 1. The molecule has 1 aliphatic rings. The third-order valence-electron chi connectivity index (χ3n) is 3.48. The van der Waals surface area contributed by atoms with Crippen molar-refractivity contribution in [2.75, 3.05) is 13.1 Å². The van der Waals surface area contributed by atoms with Crippen molar-refractivity contribution in [1.29, 1.82) is 5.26 Å². The molecule has 0 saturated carbocycles. The molecule has 3 nitrogen and oxygen atoms in total. The lowest BCUT2D eigenvalue weighted by Gasteiger charge is -2.35. The number of carbonyl (C=O) groups excluding carboxylic acids is 1. The van der Waals surface area contributed by atoms with E-state index in [0.717, 1.165) is 45.2 Å². The van der Waals surface area contributed by atoms with Crippen LogP contribution in [-0.4, -0.2) is 23.9 Å². The predicted octanol–water partition coefficient (Wildman–Crippen LogP) is 2.72. The maximum atomic E-state index is 11.8. The quantitative estimate of drug-likeness (QED) is 0.686. The molecule has 0 radical (unpaired) electrons. The van der Waals surface area contributed by atoms with Crippen LogP contribution < -0.4 is 0 Å². The lowest BCUT2D eigenvalue weighted by molar-refractivity contribution is -0.133. The fourth-order valence-corrected chi connectivity index (χ4v) is 2.05. The predicted molar refractivity (Wildman–Crippen MR) is 63.7 cm³/mol. The van der Waals surface area contributed by atoms with Crippen LogP contribution in [0.25, 0.3) is 0 Å². The minimum absolute atomic E-state index is 0.208. The van der Waals surface area contributed by atoms with Crippen LogP contribution in [0.5, 0.6) is 0 Å². The van der Waals surface area contributed by atoms with Gasteiger partial charge in [0.25, 0.3) is 0 Å². The fraction of sp³-hybridized carbons (Fsp3) is 0.846. The molecule has 1 fully saturated rings. The van der Waals surface area contributed by atoms with E-state index in [1.165, 1.54) is 0 Å². The van der Waals surface area contributed by atoms with Crippen molar-refractivity contribution in [3.05, 3.63) is 0 Å². The molecule has 1 rings (SSSR count). The van der Waals surface area contributed by atoms with Gasteiger partial charge in [-0.15, -0.1) is 0 Å². The van der Waals surface area contributed by atoms with E-state index in [2.05, 4.69) is 13.0 Å². The average molecular weight is 222 g/mol. The number of piperidine rings is 1. The van der Waals surface area contributed by atoms with Gasteiger partial charge in [-0.25, -0.2) is 0 Å². The van der Waals surface area contributed by atoms with E-state index in [0.29, 0.717) is 6.42 Å². The highest BCUT2D eigenvalue weighted by atomic mass is 16.2. The van der Waals surface area contributed by atoms with Crippen molar-refractivity contribution < 1.29 is 4.79 Å². The maximum Gasteiger partial charge on any atom is 0.222 e. The molecule has 0 atom stereocenters.